The molecule has 5 nitrogen and oxygen atoms in total. The van der Waals surface area contributed by atoms with Gasteiger partial charge in [-0.2, -0.15) is 0 Å². The van der Waals surface area contributed by atoms with Gasteiger partial charge >= 0.3 is 5.76 Å². The molecule has 1 aromatic carbocycles. The van der Waals surface area contributed by atoms with Crippen molar-refractivity contribution in [1.29, 1.82) is 0 Å². The Bertz CT molecular complexity index is 616. The molecule has 5 heteroatoms. The number of hydrogen-bond donors (Lipinski definition) is 3. The molecule has 3 rings (SSSR count). The van der Waals surface area contributed by atoms with Crippen LogP contribution in [0.25, 0.3) is 11.1 Å². The van der Waals surface area contributed by atoms with Crippen molar-refractivity contribution in [2.45, 2.75) is 44.3 Å². The quantitative estimate of drug-likeness (QED) is 0.781. The average Bonchev–Trinajstić information content (AvgIpc) is 2.77. The first-order valence-corrected chi connectivity index (χ1v) is 6.83. The summed E-state index contributed by atoms with van der Waals surface area (Å²) in [5.74, 6) is -0.408. The van der Waals surface area contributed by atoms with E-state index in [1.54, 1.807) is 0 Å². The maximum absolute atomic E-state index is 11.1. The second-order valence-corrected chi connectivity index (χ2v) is 5.28. The highest BCUT2D eigenvalue weighted by Crippen LogP contribution is 2.18. The van der Waals surface area contributed by atoms with Gasteiger partial charge < -0.3 is 15.5 Å². The van der Waals surface area contributed by atoms with Crippen molar-refractivity contribution in [1.82, 2.24) is 10.3 Å². The number of oxazole rings is 1. The normalized spacial score (nSPS) is 23.8. The van der Waals surface area contributed by atoms with Crippen LogP contribution in [0.2, 0.25) is 0 Å². The summed E-state index contributed by atoms with van der Waals surface area (Å²) in [6.45, 7) is 0.753. The van der Waals surface area contributed by atoms with Crippen molar-refractivity contribution in [2.75, 3.05) is 0 Å². The minimum Gasteiger partial charge on any atom is -0.408 e. The molecule has 1 saturated carbocycles. The molecule has 1 aliphatic rings. The minimum atomic E-state index is -0.408. The highest BCUT2D eigenvalue weighted by Gasteiger charge is 2.20. The Hall–Kier alpha value is -1.59. The summed E-state index contributed by atoms with van der Waals surface area (Å²) >= 11 is 0. The Labute approximate surface area is 111 Å². The topological polar surface area (TPSA) is 84.0 Å². The fraction of sp³-hybridized carbons (Fsp3) is 0.500. The minimum absolute atomic E-state index is 0.252. The lowest BCUT2D eigenvalue weighted by Gasteiger charge is -2.29. The van der Waals surface area contributed by atoms with E-state index in [9.17, 15) is 4.79 Å². The lowest BCUT2D eigenvalue weighted by atomic mass is 9.91. The van der Waals surface area contributed by atoms with Crippen molar-refractivity contribution in [2.24, 2.45) is 5.73 Å². The van der Waals surface area contributed by atoms with Gasteiger partial charge in [0.2, 0.25) is 0 Å². The summed E-state index contributed by atoms with van der Waals surface area (Å²) in [4.78, 5) is 13.7. The van der Waals surface area contributed by atoms with Gasteiger partial charge in [0.1, 0.15) is 0 Å². The Morgan fingerprint density at radius 2 is 2.21 bits per heavy atom. The van der Waals surface area contributed by atoms with Crippen LogP contribution in [-0.4, -0.2) is 17.1 Å². The Kier molecular flexibility index (Phi) is 3.40. The first kappa shape index (κ1) is 12.4. The first-order chi connectivity index (χ1) is 9.22. The largest absolute Gasteiger partial charge is 0.417 e. The summed E-state index contributed by atoms with van der Waals surface area (Å²) in [6.07, 6.45) is 4.73. The van der Waals surface area contributed by atoms with Gasteiger partial charge in [-0.3, -0.25) is 4.98 Å². The summed E-state index contributed by atoms with van der Waals surface area (Å²) in [7, 11) is 0. The summed E-state index contributed by atoms with van der Waals surface area (Å²) in [5, 5.41) is 3.50. The molecular weight excluding hydrogens is 242 g/mol. The van der Waals surface area contributed by atoms with Crippen LogP contribution in [0.15, 0.2) is 27.4 Å². The van der Waals surface area contributed by atoms with E-state index in [0.717, 1.165) is 30.5 Å². The summed E-state index contributed by atoms with van der Waals surface area (Å²) in [6, 6.07) is 6.41. The fourth-order valence-corrected chi connectivity index (χ4v) is 2.76. The van der Waals surface area contributed by atoms with E-state index < -0.39 is 5.76 Å². The molecule has 0 saturated heterocycles. The summed E-state index contributed by atoms with van der Waals surface area (Å²) < 4.78 is 5.06. The van der Waals surface area contributed by atoms with Crippen LogP contribution in [0.5, 0.6) is 0 Å². The second kappa shape index (κ2) is 5.19. The third-order valence-electron chi connectivity index (χ3n) is 3.87. The molecule has 1 aliphatic carbocycles. The number of benzene rings is 1. The summed E-state index contributed by atoms with van der Waals surface area (Å²) in [5.41, 5.74) is 8.56. The molecule has 1 aromatic heterocycles. The van der Waals surface area contributed by atoms with Crippen LogP contribution in [0.3, 0.4) is 0 Å². The third kappa shape index (κ3) is 2.72. The van der Waals surface area contributed by atoms with E-state index in [2.05, 4.69) is 10.3 Å². The predicted octanol–water partition coefficient (Wildman–Crippen LogP) is 1.48. The molecule has 102 valence electrons. The monoisotopic (exact) mass is 261 g/mol. The van der Waals surface area contributed by atoms with Gasteiger partial charge in [0.15, 0.2) is 5.58 Å². The van der Waals surface area contributed by atoms with Gasteiger partial charge in [-0.15, -0.1) is 0 Å². The Morgan fingerprint density at radius 3 is 3.05 bits per heavy atom. The molecule has 4 N–H and O–H groups in total. The first-order valence-electron chi connectivity index (χ1n) is 6.83. The zero-order chi connectivity index (χ0) is 13.2. The molecule has 2 unspecified atom stereocenters. The maximum atomic E-state index is 11.1. The predicted molar refractivity (Wildman–Crippen MR) is 73.9 cm³/mol. The number of nitrogens with two attached hydrogens (primary N) is 1. The zero-order valence-corrected chi connectivity index (χ0v) is 10.8. The number of aromatic nitrogens is 1. The molecule has 0 amide bonds. The van der Waals surface area contributed by atoms with Gasteiger partial charge in [0.25, 0.3) is 0 Å². The lowest BCUT2D eigenvalue weighted by molar-refractivity contribution is 0.326. The van der Waals surface area contributed by atoms with E-state index >= 15 is 0 Å². The van der Waals surface area contributed by atoms with Crippen molar-refractivity contribution in [3.63, 3.8) is 0 Å². The molecule has 1 fully saturated rings. The highest BCUT2D eigenvalue weighted by atomic mass is 16.4. The molecule has 0 bridgehead atoms. The highest BCUT2D eigenvalue weighted by molar-refractivity contribution is 5.72. The van der Waals surface area contributed by atoms with E-state index in [4.69, 9.17) is 10.2 Å². The van der Waals surface area contributed by atoms with E-state index in [1.165, 1.54) is 12.8 Å². The number of fused-ring (bicyclic) bond motifs is 1. The standard InChI is InChI=1S/C14H19N3O2/c15-10-3-1-2-4-11(10)16-8-9-5-6-12-13(7-9)19-14(18)17-12/h5-7,10-11,16H,1-4,8,15H2,(H,17,18). The van der Waals surface area contributed by atoms with Gasteiger partial charge in [-0.25, -0.2) is 4.79 Å². The molecule has 19 heavy (non-hydrogen) atoms. The number of aromatic amines is 1. The average molecular weight is 261 g/mol. The second-order valence-electron chi connectivity index (χ2n) is 5.28. The molecule has 2 aromatic rings. The number of nitrogens with one attached hydrogen (secondary N) is 2. The van der Waals surface area contributed by atoms with Crippen LogP contribution in [0.4, 0.5) is 0 Å². The van der Waals surface area contributed by atoms with Gasteiger partial charge in [0, 0.05) is 18.6 Å². The SMILES string of the molecule is NC1CCCCC1NCc1ccc2[nH]c(=O)oc2c1. The van der Waals surface area contributed by atoms with E-state index in [-0.39, 0.29) is 6.04 Å². The van der Waals surface area contributed by atoms with Crippen molar-refractivity contribution in [3.8, 4) is 0 Å². The Morgan fingerprint density at radius 1 is 1.37 bits per heavy atom. The smallest absolute Gasteiger partial charge is 0.408 e. The molecule has 0 aliphatic heterocycles. The number of hydrogen-bond acceptors (Lipinski definition) is 4. The maximum Gasteiger partial charge on any atom is 0.417 e. The Balaban J connectivity index is 1.69. The van der Waals surface area contributed by atoms with Crippen LogP contribution < -0.4 is 16.8 Å². The number of H-pyrrole nitrogens is 1. The van der Waals surface area contributed by atoms with Gasteiger partial charge in [0.05, 0.1) is 5.52 Å². The molecule has 2 atom stereocenters. The number of rotatable bonds is 3. The molecule has 1 heterocycles. The van der Waals surface area contributed by atoms with Crippen molar-refractivity contribution >= 4 is 11.1 Å². The van der Waals surface area contributed by atoms with Crippen LogP contribution >= 0.6 is 0 Å². The van der Waals surface area contributed by atoms with Crippen molar-refractivity contribution < 1.29 is 4.42 Å². The van der Waals surface area contributed by atoms with Crippen LogP contribution in [0.1, 0.15) is 31.2 Å². The van der Waals surface area contributed by atoms with Crippen LogP contribution in [0, 0.1) is 0 Å². The van der Waals surface area contributed by atoms with E-state index in [0.29, 0.717) is 11.6 Å². The fourth-order valence-electron chi connectivity index (χ4n) is 2.76. The van der Waals surface area contributed by atoms with Gasteiger partial charge in [-0.1, -0.05) is 18.9 Å². The van der Waals surface area contributed by atoms with Gasteiger partial charge in [-0.05, 0) is 30.5 Å². The van der Waals surface area contributed by atoms with E-state index in [1.807, 2.05) is 18.2 Å². The third-order valence-corrected chi connectivity index (χ3v) is 3.87. The zero-order valence-electron chi connectivity index (χ0n) is 10.8. The lowest BCUT2D eigenvalue weighted by Crippen LogP contribution is -2.46. The molecule has 0 radical (unpaired) electrons. The van der Waals surface area contributed by atoms with Crippen molar-refractivity contribution in [3.05, 3.63) is 34.3 Å². The van der Waals surface area contributed by atoms with Crippen LogP contribution in [-0.2, 0) is 6.54 Å². The molecular formula is C14H19N3O2. The molecule has 0 spiro atoms.